The molecule has 3 aromatic heterocycles. The predicted molar refractivity (Wildman–Crippen MR) is 102 cm³/mol. The molecule has 0 atom stereocenters. The number of rotatable bonds is 4. The number of aryl methyl sites for hydroxylation is 1. The number of carbonyl (C=O) groups is 1. The smallest absolute Gasteiger partial charge is 0.407 e. The molecule has 0 radical (unpaired) electrons. The molecule has 0 unspecified atom stereocenters. The van der Waals surface area contributed by atoms with Crippen LogP contribution in [0.1, 0.15) is 10.7 Å². The molecular formula is C18H14F2N6O2S. The van der Waals surface area contributed by atoms with E-state index in [1.807, 2.05) is 6.92 Å². The molecule has 0 fully saturated rings. The molecular weight excluding hydrogens is 402 g/mol. The van der Waals surface area contributed by atoms with Gasteiger partial charge >= 0.3 is 6.09 Å². The maximum atomic E-state index is 14.8. The van der Waals surface area contributed by atoms with E-state index in [0.717, 1.165) is 10.9 Å². The number of ether oxygens (including phenoxy) is 1. The zero-order chi connectivity index (χ0) is 20.5. The lowest BCUT2D eigenvalue weighted by Gasteiger charge is -2.06. The first-order valence-corrected chi connectivity index (χ1v) is 9.24. The van der Waals surface area contributed by atoms with E-state index in [1.165, 1.54) is 18.4 Å². The Kier molecular flexibility index (Phi) is 4.89. The van der Waals surface area contributed by atoms with Crippen molar-refractivity contribution in [1.82, 2.24) is 30.7 Å². The molecule has 4 rings (SSSR count). The number of amides is 1. The van der Waals surface area contributed by atoms with Crippen molar-refractivity contribution < 1.29 is 18.3 Å². The Bertz CT molecular complexity index is 1220. The molecule has 0 aliphatic rings. The lowest BCUT2D eigenvalue weighted by atomic mass is 10.1. The van der Waals surface area contributed by atoms with Crippen molar-refractivity contribution in [3.8, 4) is 21.8 Å². The van der Waals surface area contributed by atoms with Gasteiger partial charge in [-0.1, -0.05) is 11.3 Å². The first-order chi connectivity index (χ1) is 14.0. The van der Waals surface area contributed by atoms with Gasteiger partial charge in [0.2, 0.25) is 0 Å². The third-order valence-corrected chi connectivity index (χ3v) is 5.35. The fraction of sp³-hybridized carbons (Fsp3) is 0.167. The maximum Gasteiger partial charge on any atom is 0.407 e. The molecule has 0 spiro atoms. The van der Waals surface area contributed by atoms with Crippen LogP contribution in [-0.2, 0) is 11.3 Å². The summed E-state index contributed by atoms with van der Waals surface area (Å²) in [6.45, 7) is 2.02. The van der Waals surface area contributed by atoms with Crippen LogP contribution in [-0.4, -0.2) is 38.6 Å². The fourth-order valence-electron chi connectivity index (χ4n) is 2.82. The van der Waals surface area contributed by atoms with Crippen LogP contribution in [0.15, 0.2) is 24.3 Å². The van der Waals surface area contributed by atoms with E-state index in [-0.39, 0.29) is 28.8 Å². The largest absolute Gasteiger partial charge is 0.453 e. The first-order valence-electron chi connectivity index (χ1n) is 8.42. The van der Waals surface area contributed by atoms with E-state index < -0.39 is 17.7 Å². The Morgan fingerprint density at radius 3 is 2.86 bits per heavy atom. The van der Waals surface area contributed by atoms with Crippen LogP contribution in [0.25, 0.3) is 32.9 Å². The molecule has 0 aliphatic carbocycles. The Morgan fingerprint density at radius 1 is 1.28 bits per heavy atom. The lowest BCUT2D eigenvalue weighted by molar-refractivity contribution is 0.170. The average molecular weight is 416 g/mol. The second-order valence-corrected chi connectivity index (χ2v) is 7.11. The minimum atomic E-state index is -0.692. The van der Waals surface area contributed by atoms with Gasteiger partial charge < -0.3 is 10.1 Å². The Morgan fingerprint density at radius 2 is 2.07 bits per heavy atom. The predicted octanol–water partition coefficient (Wildman–Crippen LogP) is 3.59. The van der Waals surface area contributed by atoms with E-state index in [0.29, 0.717) is 16.4 Å². The number of pyridine rings is 1. The summed E-state index contributed by atoms with van der Waals surface area (Å²) in [5.74, 6) is -1.37. The van der Waals surface area contributed by atoms with Crippen molar-refractivity contribution >= 4 is 28.5 Å². The molecule has 0 bridgehead atoms. The number of halogens is 2. The number of thiazole rings is 1. The molecule has 11 heteroatoms. The van der Waals surface area contributed by atoms with E-state index in [9.17, 15) is 13.6 Å². The number of H-pyrrole nitrogens is 1. The van der Waals surface area contributed by atoms with Gasteiger partial charge in [0.15, 0.2) is 17.2 Å². The van der Waals surface area contributed by atoms with E-state index >= 15 is 0 Å². The molecule has 1 aromatic carbocycles. The van der Waals surface area contributed by atoms with Crippen LogP contribution in [0.5, 0.6) is 0 Å². The van der Waals surface area contributed by atoms with Crippen LogP contribution in [0.3, 0.4) is 0 Å². The summed E-state index contributed by atoms with van der Waals surface area (Å²) in [6, 6.07) is 6.10. The van der Waals surface area contributed by atoms with Crippen molar-refractivity contribution in [3.63, 3.8) is 0 Å². The van der Waals surface area contributed by atoms with Gasteiger partial charge in [0.05, 0.1) is 35.6 Å². The summed E-state index contributed by atoms with van der Waals surface area (Å²) < 4.78 is 33.6. The van der Waals surface area contributed by atoms with Crippen LogP contribution >= 0.6 is 11.3 Å². The number of hydrogen-bond donors (Lipinski definition) is 2. The van der Waals surface area contributed by atoms with Crippen LogP contribution < -0.4 is 5.32 Å². The highest BCUT2D eigenvalue weighted by molar-refractivity contribution is 7.15. The van der Waals surface area contributed by atoms with Gasteiger partial charge in [-0.2, -0.15) is 0 Å². The number of benzene rings is 1. The minimum Gasteiger partial charge on any atom is -0.453 e. The SMILES string of the molecule is COC(=O)NCc1nc(C)c(-c2cccc(-c3cc(F)c4nn[nH]c4c3F)n2)s1. The van der Waals surface area contributed by atoms with Crippen LogP contribution in [0, 0.1) is 18.6 Å². The Labute approximate surface area is 167 Å². The van der Waals surface area contributed by atoms with Gasteiger partial charge in [-0.3, -0.25) is 5.10 Å². The molecule has 0 saturated heterocycles. The van der Waals surface area contributed by atoms with Gasteiger partial charge in [0, 0.05) is 5.56 Å². The van der Waals surface area contributed by atoms with Crippen molar-refractivity contribution in [2.75, 3.05) is 7.11 Å². The third kappa shape index (κ3) is 3.51. The number of methoxy groups -OCH3 is 1. The molecule has 2 N–H and O–H groups in total. The van der Waals surface area contributed by atoms with E-state index in [4.69, 9.17) is 0 Å². The molecule has 4 aromatic rings. The monoisotopic (exact) mass is 416 g/mol. The number of nitrogens with zero attached hydrogens (tertiary/aromatic N) is 4. The summed E-state index contributed by atoms with van der Waals surface area (Å²) in [7, 11) is 1.28. The number of carbonyl (C=O) groups excluding carboxylic acids is 1. The van der Waals surface area contributed by atoms with Crippen LogP contribution in [0.4, 0.5) is 13.6 Å². The molecule has 0 saturated carbocycles. The minimum absolute atomic E-state index is 0.00218. The zero-order valence-corrected chi connectivity index (χ0v) is 16.1. The molecule has 8 nitrogen and oxygen atoms in total. The summed E-state index contributed by atoms with van der Waals surface area (Å²) in [6.07, 6.45) is -0.555. The van der Waals surface area contributed by atoms with Crippen molar-refractivity contribution in [2.24, 2.45) is 0 Å². The summed E-state index contributed by atoms with van der Waals surface area (Å²) in [5.41, 5.74) is 1.25. The standard InChI is InChI=1S/C18H14F2N6O2S/c1-8-17(29-13(22-8)7-21-18(27)28-2)12-5-3-4-11(23-12)9-6-10(19)15-16(14(9)20)25-26-24-15/h3-6H,7H2,1-2H3,(H,21,27)(H,24,25,26). The second-order valence-electron chi connectivity index (χ2n) is 6.03. The number of aromatic nitrogens is 5. The summed E-state index contributed by atoms with van der Waals surface area (Å²) in [4.78, 5) is 20.9. The molecule has 148 valence electrons. The second kappa shape index (κ2) is 7.51. The number of alkyl carbamates (subject to hydrolysis) is 1. The third-order valence-electron chi connectivity index (χ3n) is 4.17. The highest BCUT2D eigenvalue weighted by atomic mass is 32.1. The van der Waals surface area contributed by atoms with Gasteiger partial charge in [-0.05, 0) is 25.1 Å². The Balaban J connectivity index is 1.71. The van der Waals surface area contributed by atoms with Crippen molar-refractivity contribution in [1.29, 1.82) is 0 Å². The van der Waals surface area contributed by atoms with Crippen LogP contribution in [0.2, 0.25) is 0 Å². The number of aromatic amines is 1. The number of hydrogen-bond acceptors (Lipinski definition) is 7. The number of fused-ring (bicyclic) bond motifs is 1. The number of nitrogens with one attached hydrogen (secondary N) is 2. The van der Waals surface area contributed by atoms with Gasteiger partial charge in [-0.15, -0.1) is 16.4 Å². The maximum absolute atomic E-state index is 14.8. The normalized spacial score (nSPS) is 11.0. The van der Waals surface area contributed by atoms with E-state index in [1.54, 1.807) is 18.2 Å². The fourth-order valence-corrected chi connectivity index (χ4v) is 3.80. The zero-order valence-electron chi connectivity index (χ0n) is 15.3. The molecule has 3 heterocycles. The average Bonchev–Trinajstić information content (AvgIpc) is 3.36. The van der Waals surface area contributed by atoms with Gasteiger partial charge in [0.25, 0.3) is 0 Å². The quantitative estimate of drug-likeness (QED) is 0.527. The van der Waals surface area contributed by atoms with Crippen molar-refractivity contribution in [2.45, 2.75) is 13.5 Å². The molecule has 0 aliphatic heterocycles. The molecule has 1 amide bonds. The molecule has 29 heavy (non-hydrogen) atoms. The highest BCUT2D eigenvalue weighted by Crippen LogP contribution is 2.32. The lowest BCUT2D eigenvalue weighted by Crippen LogP contribution is -2.22. The summed E-state index contributed by atoms with van der Waals surface area (Å²) >= 11 is 1.34. The summed E-state index contributed by atoms with van der Waals surface area (Å²) in [5, 5.41) is 12.6. The van der Waals surface area contributed by atoms with Gasteiger partial charge in [0.1, 0.15) is 10.5 Å². The first kappa shape index (κ1) is 18.9. The van der Waals surface area contributed by atoms with Gasteiger partial charge in [-0.25, -0.2) is 23.5 Å². The Hall–Kier alpha value is -3.47. The topological polar surface area (TPSA) is 106 Å². The highest BCUT2D eigenvalue weighted by Gasteiger charge is 2.19. The van der Waals surface area contributed by atoms with E-state index in [2.05, 4.69) is 35.4 Å². The van der Waals surface area contributed by atoms with Crippen molar-refractivity contribution in [3.05, 3.63) is 46.6 Å².